The fraction of sp³-hybridized carbons (Fsp3) is 1.00. The molecule has 4 nitrogen and oxygen atoms in total. The lowest BCUT2D eigenvalue weighted by Gasteiger charge is -2.41. The Morgan fingerprint density at radius 3 is 2.45 bits per heavy atom. The molecule has 2 saturated heterocycles. The van der Waals surface area contributed by atoms with Crippen molar-refractivity contribution in [3.05, 3.63) is 0 Å². The van der Waals surface area contributed by atoms with Gasteiger partial charge in [-0.3, -0.25) is 9.80 Å². The van der Waals surface area contributed by atoms with E-state index in [1.807, 2.05) is 13.8 Å². The summed E-state index contributed by atoms with van der Waals surface area (Å²) in [7, 11) is 0. The van der Waals surface area contributed by atoms with Crippen molar-refractivity contribution in [1.82, 2.24) is 15.1 Å². The van der Waals surface area contributed by atoms with Crippen molar-refractivity contribution in [2.75, 3.05) is 39.3 Å². The molecule has 0 aromatic rings. The number of rotatable bonds is 5. The average Bonchev–Trinajstić information content (AvgIpc) is 2.39. The van der Waals surface area contributed by atoms with E-state index in [-0.39, 0.29) is 0 Å². The van der Waals surface area contributed by atoms with Gasteiger partial charge in [0.25, 0.3) is 0 Å². The standard InChI is InChI=1S/C16H33N3O/c1-14(12-15-6-4-5-7-17-15)19-10-8-18(9-11-19)13-16(2,3)20/h14-15,17,20H,4-13H2,1-3H3. The largest absolute Gasteiger partial charge is 0.389 e. The highest BCUT2D eigenvalue weighted by Crippen LogP contribution is 2.17. The molecule has 2 heterocycles. The second-order valence-corrected chi connectivity index (χ2v) is 7.36. The van der Waals surface area contributed by atoms with Crippen molar-refractivity contribution in [3.63, 3.8) is 0 Å². The Balaban J connectivity index is 1.69. The molecule has 0 bridgehead atoms. The Labute approximate surface area is 124 Å². The summed E-state index contributed by atoms with van der Waals surface area (Å²) < 4.78 is 0. The molecule has 0 aromatic heterocycles. The van der Waals surface area contributed by atoms with E-state index in [2.05, 4.69) is 22.0 Å². The van der Waals surface area contributed by atoms with Crippen molar-refractivity contribution in [1.29, 1.82) is 0 Å². The molecule has 0 saturated carbocycles. The van der Waals surface area contributed by atoms with Crippen LogP contribution in [0, 0.1) is 0 Å². The second-order valence-electron chi connectivity index (χ2n) is 7.36. The van der Waals surface area contributed by atoms with Gasteiger partial charge in [-0.15, -0.1) is 0 Å². The van der Waals surface area contributed by atoms with E-state index in [1.54, 1.807) is 0 Å². The summed E-state index contributed by atoms with van der Waals surface area (Å²) in [6.45, 7) is 12.6. The molecule has 20 heavy (non-hydrogen) atoms. The van der Waals surface area contributed by atoms with E-state index < -0.39 is 5.60 Å². The molecule has 2 aliphatic heterocycles. The van der Waals surface area contributed by atoms with Gasteiger partial charge < -0.3 is 10.4 Å². The van der Waals surface area contributed by atoms with Gasteiger partial charge in [0.05, 0.1) is 5.60 Å². The first-order chi connectivity index (χ1) is 9.44. The summed E-state index contributed by atoms with van der Waals surface area (Å²) in [6.07, 6.45) is 5.37. The van der Waals surface area contributed by atoms with E-state index in [9.17, 15) is 5.11 Å². The quantitative estimate of drug-likeness (QED) is 0.798. The highest BCUT2D eigenvalue weighted by atomic mass is 16.3. The molecule has 0 aliphatic carbocycles. The summed E-state index contributed by atoms with van der Waals surface area (Å²) in [5.74, 6) is 0. The number of hydrogen-bond acceptors (Lipinski definition) is 4. The summed E-state index contributed by atoms with van der Waals surface area (Å²) in [5.41, 5.74) is -0.570. The summed E-state index contributed by atoms with van der Waals surface area (Å²) >= 11 is 0. The number of nitrogens with one attached hydrogen (secondary N) is 1. The molecule has 2 N–H and O–H groups in total. The van der Waals surface area contributed by atoms with Gasteiger partial charge in [-0.05, 0) is 46.6 Å². The Morgan fingerprint density at radius 2 is 1.90 bits per heavy atom. The summed E-state index contributed by atoms with van der Waals surface area (Å²) in [5, 5.41) is 13.6. The van der Waals surface area contributed by atoms with E-state index in [1.165, 1.54) is 32.2 Å². The van der Waals surface area contributed by atoms with Crippen LogP contribution in [0.4, 0.5) is 0 Å². The molecule has 0 radical (unpaired) electrons. The lowest BCUT2D eigenvalue weighted by atomic mass is 9.97. The SMILES string of the molecule is CC(CC1CCCCN1)N1CCN(CC(C)(C)O)CC1. The van der Waals surface area contributed by atoms with Crippen LogP contribution in [0.3, 0.4) is 0 Å². The Bertz CT molecular complexity index is 276. The van der Waals surface area contributed by atoms with Gasteiger partial charge in [0.2, 0.25) is 0 Å². The van der Waals surface area contributed by atoms with Crippen molar-refractivity contribution in [3.8, 4) is 0 Å². The number of nitrogens with zero attached hydrogens (tertiary/aromatic N) is 2. The zero-order chi connectivity index (χ0) is 14.6. The van der Waals surface area contributed by atoms with Gasteiger partial charge in [-0.25, -0.2) is 0 Å². The first-order valence-electron chi connectivity index (χ1n) is 8.36. The number of piperidine rings is 1. The first-order valence-corrected chi connectivity index (χ1v) is 8.36. The molecule has 2 fully saturated rings. The monoisotopic (exact) mass is 283 g/mol. The zero-order valence-corrected chi connectivity index (χ0v) is 13.6. The van der Waals surface area contributed by atoms with Gasteiger partial charge in [-0.1, -0.05) is 6.42 Å². The molecule has 0 amide bonds. The topological polar surface area (TPSA) is 38.7 Å². The fourth-order valence-electron chi connectivity index (χ4n) is 3.60. The molecule has 2 atom stereocenters. The van der Waals surface area contributed by atoms with Gasteiger partial charge >= 0.3 is 0 Å². The molecule has 0 aromatic carbocycles. The van der Waals surface area contributed by atoms with Gasteiger partial charge in [-0.2, -0.15) is 0 Å². The van der Waals surface area contributed by atoms with Crippen LogP contribution in [-0.2, 0) is 0 Å². The number of hydrogen-bond donors (Lipinski definition) is 2. The molecule has 4 heteroatoms. The van der Waals surface area contributed by atoms with Gasteiger partial charge in [0.15, 0.2) is 0 Å². The first kappa shape index (κ1) is 16.2. The zero-order valence-electron chi connectivity index (χ0n) is 13.6. The van der Waals surface area contributed by atoms with Crippen LogP contribution in [0.25, 0.3) is 0 Å². The normalized spacial score (nSPS) is 28.5. The maximum atomic E-state index is 9.90. The van der Waals surface area contributed by atoms with Crippen LogP contribution in [0.15, 0.2) is 0 Å². The van der Waals surface area contributed by atoms with Crippen molar-refractivity contribution < 1.29 is 5.11 Å². The highest BCUT2D eigenvalue weighted by Gasteiger charge is 2.26. The predicted molar refractivity (Wildman–Crippen MR) is 84.0 cm³/mol. The van der Waals surface area contributed by atoms with Crippen LogP contribution in [0.2, 0.25) is 0 Å². The molecule has 2 aliphatic rings. The third kappa shape index (κ3) is 5.32. The van der Waals surface area contributed by atoms with E-state index in [0.717, 1.165) is 38.8 Å². The van der Waals surface area contributed by atoms with Crippen LogP contribution in [-0.4, -0.2) is 71.9 Å². The molecule has 118 valence electrons. The number of β-amino-alcohol motifs (C(OH)–C–C–N with tert-alkyl or cyclic N) is 1. The van der Waals surface area contributed by atoms with E-state index in [0.29, 0.717) is 6.04 Å². The fourth-order valence-corrected chi connectivity index (χ4v) is 3.60. The molecule has 2 rings (SSSR count). The number of aliphatic hydroxyl groups is 1. The van der Waals surface area contributed by atoms with Crippen molar-refractivity contribution >= 4 is 0 Å². The molecule has 2 unspecified atom stereocenters. The predicted octanol–water partition coefficient (Wildman–Crippen LogP) is 1.30. The Hall–Kier alpha value is -0.160. The summed E-state index contributed by atoms with van der Waals surface area (Å²) in [4.78, 5) is 5.01. The average molecular weight is 283 g/mol. The maximum Gasteiger partial charge on any atom is 0.0718 e. The van der Waals surface area contributed by atoms with Gasteiger partial charge in [0, 0.05) is 44.8 Å². The maximum absolute atomic E-state index is 9.90. The molecular weight excluding hydrogens is 250 g/mol. The van der Waals surface area contributed by atoms with Crippen LogP contribution < -0.4 is 5.32 Å². The highest BCUT2D eigenvalue weighted by molar-refractivity contribution is 4.83. The lowest BCUT2D eigenvalue weighted by molar-refractivity contribution is 0.0107. The minimum atomic E-state index is -0.570. The van der Waals surface area contributed by atoms with Crippen molar-refractivity contribution in [2.45, 2.75) is 64.1 Å². The smallest absolute Gasteiger partial charge is 0.0718 e. The van der Waals surface area contributed by atoms with Crippen LogP contribution >= 0.6 is 0 Å². The van der Waals surface area contributed by atoms with Crippen LogP contribution in [0.1, 0.15) is 46.5 Å². The van der Waals surface area contributed by atoms with E-state index in [4.69, 9.17) is 0 Å². The summed E-state index contributed by atoms with van der Waals surface area (Å²) in [6, 6.07) is 1.41. The third-order valence-corrected chi connectivity index (χ3v) is 4.68. The second kappa shape index (κ2) is 7.21. The molecular formula is C16H33N3O. The molecule has 0 spiro atoms. The minimum Gasteiger partial charge on any atom is -0.389 e. The number of piperazine rings is 1. The van der Waals surface area contributed by atoms with Crippen LogP contribution in [0.5, 0.6) is 0 Å². The Kier molecular flexibility index (Phi) is 5.84. The lowest BCUT2D eigenvalue weighted by Crippen LogP contribution is -2.53. The van der Waals surface area contributed by atoms with Crippen molar-refractivity contribution in [2.24, 2.45) is 0 Å². The van der Waals surface area contributed by atoms with E-state index >= 15 is 0 Å². The third-order valence-electron chi connectivity index (χ3n) is 4.68. The van der Waals surface area contributed by atoms with Gasteiger partial charge in [0.1, 0.15) is 0 Å². The minimum absolute atomic E-state index is 0.570. The Morgan fingerprint density at radius 1 is 1.20 bits per heavy atom.